The number of hydroxylamine groups is 2. The summed E-state index contributed by atoms with van der Waals surface area (Å²) in [6.07, 6.45) is 4.42. The summed E-state index contributed by atoms with van der Waals surface area (Å²) in [4.78, 5) is 34.0. The Bertz CT molecular complexity index is 1160. The number of esters is 1. The van der Waals surface area contributed by atoms with E-state index in [-0.39, 0.29) is 34.5 Å². The molecule has 3 heterocycles. The SMILES string of the molecule is COc1cc(/C=C2/C(=N)N3OC(C)=CC3=NC2=O)cc(Br)c1OC(=O)c1ccco1. The first-order valence-corrected chi connectivity index (χ1v) is 9.40. The van der Waals surface area contributed by atoms with Crippen molar-refractivity contribution in [2.24, 2.45) is 4.99 Å². The number of hydrogen-bond donors (Lipinski definition) is 1. The second-order valence-electron chi connectivity index (χ2n) is 6.22. The maximum Gasteiger partial charge on any atom is 0.379 e. The molecular weight excluding hydrogens is 458 g/mol. The molecular formula is C20H14BrN3O6. The number of amides is 1. The molecule has 0 unspecified atom stereocenters. The third-order valence-corrected chi connectivity index (χ3v) is 4.75. The molecule has 0 spiro atoms. The number of amidine groups is 2. The Balaban J connectivity index is 1.66. The number of carbonyl (C=O) groups excluding carboxylic acids is 2. The first-order valence-electron chi connectivity index (χ1n) is 8.60. The number of benzene rings is 1. The van der Waals surface area contributed by atoms with Gasteiger partial charge in [0.2, 0.25) is 5.76 Å². The third kappa shape index (κ3) is 3.52. The van der Waals surface area contributed by atoms with Crippen molar-refractivity contribution >= 4 is 45.6 Å². The molecule has 9 nitrogen and oxygen atoms in total. The van der Waals surface area contributed by atoms with Crippen molar-refractivity contribution in [1.82, 2.24) is 5.06 Å². The van der Waals surface area contributed by atoms with Crippen LogP contribution in [-0.2, 0) is 9.63 Å². The molecule has 1 N–H and O–H groups in total. The van der Waals surface area contributed by atoms with Gasteiger partial charge in [-0.25, -0.2) is 4.79 Å². The number of furan rings is 1. The molecule has 0 bridgehead atoms. The van der Waals surface area contributed by atoms with Crippen LogP contribution in [0.4, 0.5) is 0 Å². The summed E-state index contributed by atoms with van der Waals surface area (Å²) < 4.78 is 16.2. The Morgan fingerprint density at radius 2 is 2.17 bits per heavy atom. The van der Waals surface area contributed by atoms with Gasteiger partial charge < -0.3 is 18.7 Å². The lowest BCUT2D eigenvalue weighted by Crippen LogP contribution is -2.38. The Kier molecular flexibility index (Phi) is 5.00. The van der Waals surface area contributed by atoms with Crippen LogP contribution in [0.25, 0.3) is 6.08 Å². The molecule has 0 saturated heterocycles. The quantitative estimate of drug-likeness (QED) is 0.410. The number of carbonyl (C=O) groups is 2. The van der Waals surface area contributed by atoms with Gasteiger partial charge in [-0.05, 0) is 58.8 Å². The number of halogens is 1. The van der Waals surface area contributed by atoms with Gasteiger partial charge in [0, 0.05) is 6.08 Å². The van der Waals surface area contributed by atoms with Crippen LogP contribution in [0, 0.1) is 5.41 Å². The number of ether oxygens (including phenoxy) is 2. The molecule has 0 saturated carbocycles. The van der Waals surface area contributed by atoms with Crippen LogP contribution < -0.4 is 9.47 Å². The largest absolute Gasteiger partial charge is 0.493 e. The number of nitrogens with one attached hydrogen (secondary N) is 1. The van der Waals surface area contributed by atoms with E-state index in [0.29, 0.717) is 15.8 Å². The summed E-state index contributed by atoms with van der Waals surface area (Å²) in [5, 5.41) is 9.46. The van der Waals surface area contributed by atoms with E-state index in [1.165, 1.54) is 30.6 Å². The smallest absolute Gasteiger partial charge is 0.379 e. The lowest BCUT2D eigenvalue weighted by Gasteiger charge is -2.23. The van der Waals surface area contributed by atoms with E-state index in [4.69, 9.17) is 24.1 Å². The minimum Gasteiger partial charge on any atom is -0.493 e. The zero-order chi connectivity index (χ0) is 21.4. The first kappa shape index (κ1) is 19.6. The molecule has 0 radical (unpaired) electrons. The van der Waals surface area contributed by atoms with Gasteiger partial charge in [-0.15, -0.1) is 5.06 Å². The van der Waals surface area contributed by atoms with E-state index in [9.17, 15) is 9.59 Å². The van der Waals surface area contributed by atoms with E-state index in [2.05, 4.69) is 20.9 Å². The highest BCUT2D eigenvalue weighted by molar-refractivity contribution is 9.10. The molecule has 0 atom stereocenters. The van der Waals surface area contributed by atoms with Gasteiger partial charge in [-0.3, -0.25) is 10.2 Å². The number of rotatable bonds is 4. The van der Waals surface area contributed by atoms with Crippen molar-refractivity contribution in [3.8, 4) is 11.5 Å². The van der Waals surface area contributed by atoms with Gasteiger partial charge in [-0.2, -0.15) is 4.99 Å². The Labute approximate surface area is 178 Å². The molecule has 30 heavy (non-hydrogen) atoms. The van der Waals surface area contributed by atoms with E-state index < -0.39 is 11.9 Å². The second-order valence-corrected chi connectivity index (χ2v) is 7.08. The second kappa shape index (κ2) is 7.64. The van der Waals surface area contributed by atoms with Crippen LogP contribution >= 0.6 is 15.9 Å². The molecule has 1 aromatic heterocycles. The van der Waals surface area contributed by atoms with Crippen molar-refractivity contribution in [2.75, 3.05) is 7.11 Å². The van der Waals surface area contributed by atoms with Crippen LogP contribution in [0.5, 0.6) is 11.5 Å². The minimum absolute atomic E-state index is 0.0381. The molecule has 4 rings (SSSR count). The molecule has 0 fully saturated rings. The zero-order valence-electron chi connectivity index (χ0n) is 15.8. The number of aliphatic imine (C=N–C) groups is 1. The predicted octanol–water partition coefficient (Wildman–Crippen LogP) is 3.72. The monoisotopic (exact) mass is 471 g/mol. The summed E-state index contributed by atoms with van der Waals surface area (Å²) >= 11 is 3.35. The number of methoxy groups -OCH3 is 1. The van der Waals surface area contributed by atoms with Gasteiger partial charge >= 0.3 is 5.97 Å². The molecule has 2 aliphatic rings. The molecule has 1 aromatic carbocycles. The summed E-state index contributed by atoms with van der Waals surface area (Å²) in [5.74, 6) is -0.173. The van der Waals surface area contributed by atoms with E-state index >= 15 is 0 Å². The number of nitrogens with zero attached hydrogens (tertiary/aromatic N) is 2. The van der Waals surface area contributed by atoms with Gasteiger partial charge in [0.15, 0.2) is 23.2 Å². The van der Waals surface area contributed by atoms with Crippen molar-refractivity contribution < 1.29 is 28.3 Å². The summed E-state index contributed by atoms with van der Waals surface area (Å²) in [6.45, 7) is 1.70. The fourth-order valence-corrected chi connectivity index (χ4v) is 3.37. The van der Waals surface area contributed by atoms with Crippen molar-refractivity contribution in [3.63, 3.8) is 0 Å². The number of hydrogen-bond acceptors (Lipinski definition) is 7. The number of allylic oxidation sites excluding steroid dienone is 1. The Hall–Kier alpha value is -3.66. The Morgan fingerprint density at radius 1 is 1.37 bits per heavy atom. The maximum atomic E-state index is 12.4. The summed E-state index contributed by atoms with van der Waals surface area (Å²) in [5.41, 5.74) is 0.559. The van der Waals surface area contributed by atoms with Crippen LogP contribution in [-0.4, -0.2) is 35.7 Å². The zero-order valence-corrected chi connectivity index (χ0v) is 17.3. The van der Waals surface area contributed by atoms with E-state index in [0.717, 1.165) is 0 Å². The van der Waals surface area contributed by atoms with Gasteiger partial charge in [0.1, 0.15) is 5.76 Å². The average Bonchev–Trinajstić information content (AvgIpc) is 3.36. The average molecular weight is 472 g/mol. The highest BCUT2D eigenvalue weighted by Gasteiger charge is 2.34. The van der Waals surface area contributed by atoms with Crippen molar-refractivity contribution in [2.45, 2.75) is 6.92 Å². The van der Waals surface area contributed by atoms with Crippen molar-refractivity contribution in [3.05, 3.63) is 63.7 Å². The molecule has 2 aromatic rings. The fourth-order valence-electron chi connectivity index (χ4n) is 2.83. The van der Waals surface area contributed by atoms with E-state index in [1.807, 2.05) is 0 Å². The van der Waals surface area contributed by atoms with Crippen LogP contribution in [0.1, 0.15) is 23.0 Å². The van der Waals surface area contributed by atoms with Crippen molar-refractivity contribution in [1.29, 1.82) is 5.41 Å². The summed E-state index contributed by atoms with van der Waals surface area (Å²) in [7, 11) is 1.42. The normalized spacial score (nSPS) is 16.8. The van der Waals surface area contributed by atoms with Gasteiger partial charge in [0.05, 0.1) is 23.4 Å². The lowest BCUT2D eigenvalue weighted by molar-refractivity contribution is -0.114. The standard InChI is InChI=1S/C20H14BrN3O6/c1-10-6-16-23-19(25)12(18(22)24(16)30-10)7-11-8-13(21)17(15(9-11)27-2)29-20(26)14-4-3-5-28-14/h3-9,22H,1-2H3/b12-7-,22-18?. The molecule has 2 aliphatic heterocycles. The highest BCUT2D eigenvalue weighted by atomic mass is 79.9. The molecule has 1 amide bonds. The fraction of sp³-hybridized carbons (Fsp3) is 0.100. The van der Waals surface area contributed by atoms with Gasteiger partial charge in [0.25, 0.3) is 5.91 Å². The van der Waals surface area contributed by atoms with Crippen LogP contribution in [0.15, 0.2) is 61.8 Å². The molecule has 10 heteroatoms. The molecule has 152 valence electrons. The predicted molar refractivity (Wildman–Crippen MR) is 109 cm³/mol. The Morgan fingerprint density at radius 3 is 2.87 bits per heavy atom. The topological polar surface area (TPSA) is 114 Å². The van der Waals surface area contributed by atoms with Crippen LogP contribution in [0.3, 0.4) is 0 Å². The minimum atomic E-state index is -0.690. The third-order valence-electron chi connectivity index (χ3n) is 4.16. The number of fused-ring (bicyclic) bond motifs is 1. The molecule has 0 aliphatic carbocycles. The summed E-state index contributed by atoms with van der Waals surface area (Å²) in [6, 6.07) is 6.24. The highest BCUT2D eigenvalue weighted by Crippen LogP contribution is 2.38. The maximum absolute atomic E-state index is 12.4. The lowest BCUT2D eigenvalue weighted by atomic mass is 10.1. The van der Waals surface area contributed by atoms with E-state index in [1.54, 1.807) is 31.2 Å². The first-order chi connectivity index (χ1) is 14.4. The van der Waals surface area contributed by atoms with Crippen LogP contribution in [0.2, 0.25) is 0 Å². The van der Waals surface area contributed by atoms with Gasteiger partial charge in [-0.1, -0.05) is 0 Å².